The van der Waals surface area contributed by atoms with Crippen molar-refractivity contribution in [1.29, 1.82) is 0 Å². The van der Waals surface area contributed by atoms with E-state index in [1.807, 2.05) is 6.92 Å². The number of amides is 1. The van der Waals surface area contributed by atoms with Crippen molar-refractivity contribution in [3.63, 3.8) is 0 Å². The van der Waals surface area contributed by atoms with Crippen LogP contribution in [0.1, 0.15) is 54.7 Å². The van der Waals surface area contributed by atoms with E-state index in [2.05, 4.69) is 5.32 Å². The summed E-state index contributed by atoms with van der Waals surface area (Å²) in [4.78, 5) is 51.2. The highest BCUT2D eigenvalue weighted by atomic mass is 32.1. The van der Waals surface area contributed by atoms with Crippen molar-refractivity contribution >= 4 is 51.3 Å². The Labute approximate surface area is 193 Å². The summed E-state index contributed by atoms with van der Waals surface area (Å²) < 4.78 is 10.2. The van der Waals surface area contributed by atoms with Gasteiger partial charge in [0.25, 0.3) is 5.91 Å². The van der Waals surface area contributed by atoms with Gasteiger partial charge in [-0.15, -0.1) is 22.7 Å². The van der Waals surface area contributed by atoms with Gasteiger partial charge in [0, 0.05) is 10.4 Å². The van der Waals surface area contributed by atoms with Gasteiger partial charge in [-0.25, -0.2) is 9.59 Å². The third kappa shape index (κ3) is 5.49. The lowest BCUT2D eigenvalue weighted by Crippen LogP contribution is -2.22. The number of nitrogens with one attached hydrogen (secondary N) is 1. The zero-order valence-corrected chi connectivity index (χ0v) is 19.1. The second-order valence-electron chi connectivity index (χ2n) is 6.51. The van der Waals surface area contributed by atoms with Crippen LogP contribution >= 0.6 is 22.7 Å². The van der Waals surface area contributed by atoms with Crippen LogP contribution in [0, 0.1) is 0 Å². The van der Waals surface area contributed by atoms with Crippen molar-refractivity contribution in [1.82, 2.24) is 0 Å². The molecule has 0 bridgehead atoms. The Hall–Kier alpha value is -3.30. The van der Waals surface area contributed by atoms with E-state index >= 15 is 0 Å². The molecule has 32 heavy (non-hydrogen) atoms. The van der Waals surface area contributed by atoms with Crippen LogP contribution in [0.5, 0.6) is 0 Å². The first-order chi connectivity index (χ1) is 15.4. The van der Waals surface area contributed by atoms with Gasteiger partial charge < -0.3 is 14.8 Å². The van der Waals surface area contributed by atoms with Crippen molar-refractivity contribution in [2.75, 3.05) is 18.5 Å². The van der Waals surface area contributed by atoms with Crippen LogP contribution in [0.3, 0.4) is 0 Å². The lowest BCUT2D eigenvalue weighted by molar-refractivity contribution is -0.119. The molecule has 166 valence electrons. The third-order valence-corrected chi connectivity index (χ3v) is 6.41. The number of esters is 2. The summed E-state index contributed by atoms with van der Waals surface area (Å²) in [5.74, 6) is -2.21. The predicted octanol–water partition coefficient (Wildman–Crippen LogP) is 4.58. The van der Waals surface area contributed by atoms with E-state index in [-0.39, 0.29) is 29.1 Å². The molecule has 3 rings (SSSR count). The molecule has 0 saturated heterocycles. The predicted molar refractivity (Wildman–Crippen MR) is 123 cm³/mol. The number of rotatable bonds is 9. The topological polar surface area (TPSA) is 98.8 Å². The zero-order chi connectivity index (χ0) is 23.1. The molecule has 0 aliphatic rings. The fraction of sp³-hybridized carbons (Fsp3) is 0.217. The van der Waals surface area contributed by atoms with Gasteiger partial charge in [-0.3, -0.25) is 9.59 Å². The minimum Gasteiger partial charge on any atom is -0.462 e. The summed E-state index contributed by atoms with van der Waals surface area (Å²) in [6.45, 7) is 3.28. The smallest absolute Gasteiger partial charge is 0.341 e. The Morgan fingerprint density at radius 2 is 1.62 bits per heavy atom. The molecule has 1 N–H and O–H groups in total. The third-order valence-electron chi connectivity index (χ3n) is 4.35. The number of thiophene rings is 2. The second-order valence-corrected chi connectivity index (χ2v) is 8.59. The molecule has 3 aromatic rings. The number of ketones is 1. The lowest BCUT2D eigenvalue weighted by Gasteiger charge is -2.09. The van der Waals surface area contributed by atoms with Gasteiger partial charge in [-0.1, -0.05) is 31.2 Å². The van der Waals surface area contributed by atoms with E-state index in [9.17, 15) is 19.2 Å². The monoisotopic (exact) mass is 471 g/mol. The van der Waals surface area contributed by atoms with E-state index in [1.165, 1.54) is 28.7 Å². The number of benzene rings is 1. The molecule has 0 aliphatic heterocycles. The maximum atomic E-state index is 12.7. The van der Waals surface area contributed by atoms with Gasteiger partial charge in [0.1, 0.15) is 5.00 Å². The molecule has 0 aliphatic carbocycles. The van der Waals surface area contributed by atoms with E-state index < -0.39 is 24.5 Å². The van der Waals surface area contributed by atoms with Crippen molar-refractivity contribution in [2.45, 2.75) is 20.3 Å². The quantitative estimate of drug-likeness (QED) is 0.362. The Morgan fingerprint density at radius 3 is 2.28 bits per heavy atom. The standard InChI is InChI=1S/C23H21NO6S2/c1-3-14-12-17(23(28)29-4-2)21(32-14)24-19(25)13-30-22(27)16-9-6-5-8-15(16)20(26)18-10-7-11-31-18/h5-12H,3-4,13H2,1-2H3,(H,24,25). The molecular formula is C23H21NO6S2. The van der Waals surface area contributed by atoms with Crippen molar-refractivity contribution in [3.05, 3.63) is 74.3 Å². The molecule has 2 aromatic heterocycles. The van der Waals surface area contributed by atoms with Gasteiger partial charge in [-0.05, 0) is 36.9 Å². The molecule has 0 fully saturated rings. The van der Waals surface area contributed by atoms with Crippen molar-refractivity contribution in [2.24, 2.45) is 0 Å². The Morgan fingerprint density at radius 1 is 0.906 bits per heavy atom. The fourth-order valence-electron chi connectivity index (χ4n) is 2.84. The Bertz CT molecular complexity index is 1130. The van der Waals surface area contributed by atoms with Gasteiger partial charge in [0.05, 0.1) is 22.6 Å². The molecule has 0 unspecified atom stereocenters. The average molecular weight is 472 g/mol. The number of aryl methyl sites for hydroxylation is 1. The second kappa shape index (κ2) is 10.8. The highest BCUT2D eigenvalue weighted by Crippen LogP contribution is 2.29. The fourth-order valence-corrected chi connectivity index (χ4v) is 4.52. The first kappa shape index (κ1) is 23.4. The first-order valence-corrected chi connectivity index (χ1v) is 11.6. The maximum absolute atomic E-state index is 12.7. The molecule has 1 aromatic carbocycles. The number of ether oxygens (including phenoxy) is 2. The zero-order valence-electron chi connectivity index (χ0n) is 17.5. The Kier molecular flexibility index (Phi) is 7.91. The number of anilines is 1. The highest BCUT2D eigenvalue weighted by Gasteiger charge is 2.22. The highest BCUT2D eigenvalue weighted by molar-refractivity contribution is 7.16. The number of carbonyl (C=O) groups excluding carboxylic acids is 4. The number of carbonyl (C=O) groups is 4. The van der Waals surface area contributed by atoms with Crippen LogP contribution in [0.2, 0.25) is 0 Å². The minimum absolute atomic E-state index is 0.0790. The van der Waals surface area contributed by atoms with Gasteiger partial charge in [0.2, 0.25) is 5.78 Å². The van der Waals surface area contributed by atoms with Crippen LogP contribution < -0.4 is 5.32 Å². The summed E-state index contributed by atoms with van der Waals surface area (Å²) in [6, 6.07) is 11.4. The molecule has 0 atom stereocenters. The van der Waals surface area contributed by atoms with Crippen molar-refractivity contribution in [3.8, 4) is 0 Å². The van der Waals surface area contributed by atoms with E-state index in [0.717, 1.165) is 4.88 Å². The molecule has 9 heteroatoms. The van der Waals surface area contributed by atoms with Gasteiger partial charge >= 0.3 is 11.9 Å². The van der Waals surface area contributed by atoms with Gasteiger partial charge in [0.15, 0.2) is 6.61 Å². The van der Waals surface area contributed by atoms with Crippen LogP contribution in [0.4, 0.5) is 5.00 Å². The Balaban J connectivity index is 1.68. The van der Waals surface area contributed by atoms with E-state index in [1.54, 1.807) is 48.7 Å². The molecule has 0 spiro atoms. The summed E-state index contributed by atoms with van der Waals surface area (Å²) in [6.07, 6.45) is 0.691. The lowest BCUT2D eigenvalue weighted by atomic mass is 10.0. The number of hydrogen-bond acceptors (Lipinski definition) is 8. The molecule has 0 radical (unpaired) electrons. The SMILES string of the molecule is CCOC(=O)c1cc(CC)sc1NC(=O)COC(=O)c1ccccc1C(=O)c1cccs1. The molecule has 2 heterocycles. The first-order valence-electron chi connectivity index (χ1n) is 9.88. The van der Waals surface area contributed by atoms with E-state index in [4.69, 9.17) is 9.47 Å². The summed E-state index contributed by atoms with van der Waals surface area (Å²) >= 11 is 2.53. The van der Waals surface area contributed by atoms with Crippen LogP contribution in [0.15, 0.2) is 47.8 Å². The molecular weight excluding hydrogens is 450 g/mol. The van der Waals surface area contributed by atoms with E-state index in [0.29, 0.717) is 16.3 Å². The van der Waals surface area contributed by atoms with Crippen LogP contribution in [0.25, 0.3) is 0 Å². The largest absolute Gasteiger partial charge is 0.462 e. The normalized spacial score (nSPS) is 10.4. The number of hydrogen-bond donors (Lipinski definition) is 1. The molecule has 7 nitrogen and oxygen atoms in total. The summed E-state index contributed by atoms with van der Waals surface area (Å²) in [5.41, 5.74) is 0.548. The van der Waals surface area contributed by atoms with Gasteiger partial charge in [-0.2, -0.15) is 0 Å². The van der Waals surface area contributed by atoms with Crippen LogP contribution in [-0.4, -0.2) is 36.8 Å². The summed E-state index contributed by atoms with van der Waals surface area (Å²) in [7, 11) is 0. The molecule has 0 saturated carbocycles. The minimum atomic E-state index is -0.785. The maximum Gasteiger partial charge on any atom is 0.341 e. The average Bonchev–Trinajstić information content (AvgIpc) is 3.47. The summed E-state index contributed by atoms with van der Waals surface area (Å²) in [5, 5.41) is 4.73. The van der Waals surface area contributed by atoms with Crippen molar-refractivity contribution < 1.29 is 28.7 Å². The molecule has 1 amide bonds. The van der Waals surface area contributed by atoms with Crippen LogP contribution in [-0.2, 0) is 20.7 Å².